The van der Waals surface area contributed by atoms with Gasteiger partial charge < -0.3 is 20.5 Å². The molecule has 0 spiro atoms. The van der Waals surface area contributed by atoms with Gasteiger partial charge in [0.1, 0.15) is 5.75 Å². The number of carbonyl (C=O) groups is 2. The average Bonchev–Trinajstić information content (AvgIpc) is 2.80. The number of hydrogen-bond acceptors (Lipinski definition) is 4. The van der Waals surface area contributed by atoms with E-state index in [0.717, 1.165) is 12.8 Å². The van der Waals surface area contributed by atoms with Gasteiger partial charge in [-0.3, -0.25) is 9.59 Å². The van der Waals surface area contributed by atoms with Crippen LogP contribution in [-0.4, -0.2) is 30.6 Å². The number of anilines is 1. The Balaban J connectivity index is 1.61. The van der Waals surface area contributed by atoms with Crippen molar-refractivity contribution in [1.82, 2.24) is 5.32 Å². The molecular formula is C24H27Cl2FN2O4. The monoisotopic (exact) mass is 496 g/mol. The molecule has 3 N–H and O–H groups in total. The maximum Gasteiger partial charge on any atom is 0.306 e. The minimum Gasteiger partial charge on any atom is -0.496 e. The Morgan fingerprint density at radius 1 is 1.15 bits per heavy atom. The fourth-order valence-corrected chi connectivity index (χ4v) is 4.56. The van der Waals surface area contributed by atoms with Gasteiger partial charge in [0.05, 0.1) is 40.4 Å². The number of ether oxygens (including phenoxy) is 1. The van der Waals surface area contributed by atoms with Gasteiger partial charge in [-0.25, -0.2) is 4.39 Å². The zero-order chi connectivity index (χ0) is 24.1. The summed E-state index contributed by atoms with van der Waals surface area (Å²) in [5, 5.41) is 15.5. The van der Waals surface area contributed by atoms with Crippen LogP contribution in [0, 0.1) is 17.7 Å². The second kappa shape index (κ2) is 11.1. The molecule has 1 amide bonds. The standard InChI is InChI=1S/C24H27Cl2FN2O4/c1-13(21-20(33-2)10-8-17(25)22(21)27)29-19-9-7-16(11-18(19)26)23(30)28-12-14-3-5-15(6-4-14)24(31)32/h7-11,13-15,29H,3-6,12H2,1-2H3,(H,28,30)(H,31,32)/t13-,14?,15?/m0/s1. The summed E-state index contributed by atoms with van der Waals surface area (Å²) in [7, 11) is 1.46. The first-order chi connectivity index (χ1) is 15.7. The van der Waals surface area contributed by atoms with E-state index < -0.39 is 17.8 Å². The molecule has 1 aliphatic rings. The van der Waals surface area contributed by atoms with Crippen LogP contribution < -0.4 is 15.4 Å². The molecule has 2 aromatic carbocycles. The van der Waals surface area contributed by atoms with E-state index in [1.807, 2.05) is 0 Å². The van der Waals surface area contributed by atoms with Gasteiger partial charge >= 0.3 is 5.97 Å². The summed E-state index contributed by atoms with van der Waals surface area (Å²) in [6.07, 6.45) is 2.83. The van der Waals surface area contributed by atoms with Crippen LogP contribution in [0.5, 0.6) is 5.75 Å². The lowest BCUT2D eigenvalue weighted by Gasteiger charge is -2.26. The second-order valence-electron chi connectivity index (χ2n) is 8.30. The first kappa shape index (κ1) is 25.1. The van der Waals surface area contributed by atoms with E-state index in [1.54, 1.807) is 31.2 Å². The molecule has 178 valence electrons. The van der Waals surface area contributed by atoms with Crippen molar-refractivity contribution in [3.8, 4) is 5.75 Å². The molecule has 1 saturated carbocycles. The summed E-state index contributed by atoms with van der Waals surface area (Å²) in [5.41, 5.74) is 1.22. The molecule has 1 atom stereocenters. The number of amides is 1. The molecule has 0 heterocycles. The van der Waals surface area contributed by atoms with E-state index in [2.05, 4.69) is 10.6 Å². The lowest BCUT2D eigenvalue weighted by molar-refractivity contribution is -0.143. The molecule has 0 aliphatic heterocycles. The van der Waals surface area contributed by atoms with E-state index >= 15 is 0 Å². The highest BCUT2D eigenvalue weighted by Crippen LogP contribution is 2.35. The van der Waals surface area contributed by atoms with E-state index in [0.29, 0.717) is 41.4 Å². The van der Waals surface area contributed by atoms with Gasteiger partial charge in [0.2, 0.25) is 0 Å². The third kappa shape index (κ3) is 6.09. The van der Waals surface area contributed by atoms with Crippen LogP contribution in [0.3, 0.4) is 0 Å². The fraction of sp³-hybridized carbons (Fsp3) is 0.417. The van der Waals surface area contributed by atoms with Gasteiger partial charge in [-0.1, -0.05) is 23.2 Å². The van der Waals surface area contributed by atoms with Crippen LogP contribution in [0.2, 0.25) is 10.0 Å². The Hall–Kier alpha value is -2.51. The van der Waals surface area contributed by atoms with Gasteiger partial charge in [0.15, 0.2) is 5.82 Å². The average molecular weight is 497 g/mol. The molecule has 0 unspecified atom stereocenters. The molecule has 0 saturated heterocycles. The summed E-state index contributed by atoms with van der Waals surface area (Å²) in [4.78, 5) is 23.6. The summed E-state index contributed by atoms with van der Waals surface area (Å²) < 4.78 is 19.9. The first-order valence-electron chi connectivity index (χ1n) is 10.8. The zero-order valence-electron chi connectivity index (χ0n) is 18.5. The third-order valence-electron chi connectivity index (χ3n) is 6.10. The van der Waals surface area contributed by atoms with Gasteiger partial charge in [-0.2, -0.15) is 0 Å². The second-order valence-corrected chi connectivity index (χ2v) is 9.12. The number of carboxylic acid groups (broad SMARTS) is 1. The van der Waals surface area contributed by atoms with Gasteiger partial charge in [-0.05, 0) is 68.9 Å². The van der Waals surface area contributed by atoms with Crippen molar-refractivity contribution in [2.45, 2.75) is 38.6 Å². The molecule has 1 aliphatic carbocycles. The molecule has 3 rings (SSSR count). The predicted octanol–water partition coefficient (Wildman–Crippen LogP) is 5.94. The lowest BCUT2D eigenvalue weighted by atomic mass is 9.82. The fourth-order valence-electron chi connectivity index (χ4n) is 4.16. The highest BCUT2D eigenvalue weighted by molar-refractivity contribution is 6.33. The first-order valence-corrected chi connectivity index (χ1v) is 11.6. The number of hydrogen-bond donors (Lipinski definition) is 3. The number of rotatable bonds is 8. The highest BCUT2D eigenvalue weighted by Gasteiger charge is 2.26. The predicted molar refractivity (Wildman–Crippen MR) is 127 cm³/mol. The molecule has 0 aromatic heterocycles. The van der Waals surface area contributed by atoms with Gasteiger partial charge in [0, 0.05) is 12.1 Å². The van der Waals surface area contributed by atoms with Gasteiger partial charge in [0.25, 0.3) is 5.91 Å². The zero-order valence-corrected chi connectivity index (χ0v) is 20.0. The number of carbonyl (C=O) groups excluding carboxylic acids is 1. The van der Waals surface area contributed by atoms with Crippen molar-refractivity contribution in [3.05, 3.63) is 57.3 Å². The van der Waals surface area contributed by atoms with Gasteiger partial charge in [-0.15, -0.1) is 0 Å². The van der Waals surface area contributed by atoms with E-state index in [-0.39, 0.29) is 28.3 Å². The third-order valence-corrected chi connectivity index (χ3v) is 6.70. The Labute approximate surface area is 202 Å². The number of benzene rings is 2. The molecule has 33 heavy (non-hydrogen) atoms. The molecule has 2 aromatic rings. The van der Waals surface area contributed by atoms with E-state index in [1.165, 1.54) is 13.2 Å². The summed E-state index contributed by atoms with van der Waals surface area (Å²) >= 11 is 12.3. The number of halogens is 3. The van der Waals surface area contributed by atoms with Crippen LogP contribution in [0.1, 0.15) is 54.6 Å². The highest BCUT2D eigenvalue weighted by atomic mass is 35.5. The Morgan fingerprint density at radius 2 is 1.85 bits per heavy atom. The Kier molecular flexibility index (Phi) is 8.43. The van der Waals surface area contributed by atoms with Crippen molar-refractivity contribution in [1.29, 1.82) is 0 Å². The molecule has 6 nitrogen and oxygen atoms in total. The summed E-state index contributed by atoms with van der Waals surface area (Å²) in [6, 6.07) is 7.39. The van der Waals surface area contributed by atoms with Crippen molar-refractivity contribution >= 4 is 40.8 Å². The van der Waals surface area contributed by atoms with Crippen LogP contribution in [0.25, 0.3) is 0 Å². The molecular weight excluding hydrogens is 470 g/mol. The summed E-state index contributed by atoms with van der Waals surface area (Å²) in [6.45, 7) is 2.25. The number of nitrogens with one attached hydrogen (secondary N) is 2. The molecule has 0 radical (unpaired) electrons. The smallest absolute Gasteiger partial charge is 0.306 e. The van der Waals surface area contributed by atoms with Crippen LogP contribution >= 0.6 is 23.2 Å². The molecule has 9 heteroatoms. The van der Waals surface area contributed by atoms with Crippen LogP contribution in [0.4, 0.5) is 10.1 Å². The van der Waals surface area contributed by atoms with Crippen molar-refractivity contribution in [2.75, 3.05) is 19.0 Å². The van der Waals surface area contributed by atoms with E-state index in [9.17, 15) is 14.0 Å². The quantitative estimate of drug-likeness (QED) is 0.421. The van der Waals surface area contributed by atoms with Crippen LogP contribution in [-0.2, 0) is 4.79 Å². The molecule has 0 bridgehead atoms. The molecule has 1 fully saturated rings. The lowest BCUT2D eigenvalue weighted by Crippen LogP contribution is -2.32. The maximum atomic E-state index is 14.6. The van der Waals surface area contributed by atoms with Crippen molar-refractivity contribution < 1.29 is 23.8 Å². The topological polar surface area (TPSA) is 87.7 Å². The van der Waals surface area contributed by atoms with Crippen molar-refractivity contribution in [2.24, 2.45) is 11.8 Å². The normalized spacial score (nSPS) is 18.9. The number of carboxylic acids is 1. The SMILES string of the molecule is COc1ccc(Cl)c(F)c1[C@H](C)Nc1ccc(C(=O)NCC2CCC(C(=O)O)CC2)cc1Cl. The minimum absolute atomic E-state index is 0.00554. The van der Waals surface area contributed by atoms with Crippen molar-refractivity contribution in [3.63, 3.8) is 0 Å². The van der Waals surface area contributed by atoms with E-state index in [4.69, 9.17) is 33.0 Å². The Morgan fingerprint density at radius 3 is 2.45 bits per heavy atom. The summed E-state index contributed by atoms with van der Waals surface area (Å²) in [5.74, 6) is -1.21. The largest absolute Gasteiger partial charge is 0.496 e. The Bertz CT molecular complexity index is 1030. The maximum absolute atomic E-state index is 14.6. The minimum atomic E-state index is -0.744. The van der Waals surface area contributed by atoms with Crippen LogP contribution in [0.15, 0.2) is 30.3 Å². The number of aliphatic carboxylic acids is 1. The number of methoxy groups -OCH3 is 1.